The molecule has 2 heteroatoms. The molecule has 2 rings (SSSR count). The van der Waals surface area contributed by atoms with Gasteiger partial charge in [0.05, 0.1) is 0 Å². The lowest BCUT2D eigenvalue weighted by Gasteiger charge is -2.22. The molecule has 0 bridgehead atoms. The Morgan fingerprint density at radius 2 is 1.83 bits per heavy atom. The molecule has 1 fully saturated rings. The minimum Gasteiger partial charge on any atom is -0.311 e. The Kier molecular flexibility index (Phi) is 5.52. The van der Waals surface area contributed by atoms with Gasteiger partial charge < -0.3 is 5.32 Å². The van der Waals surface area contributed by atoms with Crippen LogP contribution < -0.4 is 5.32 Å². The van der Waals surface area contributed by atoms with Crippen molar-refractivity contribution in [2.45, 2.75) is 64.0 Å². The molecule has 1 aromatic rings. The van der Waals surface area contributed by atoms with E-state index in [4.69, 9.17) is 11.6 Å². The zero-order valence-corrected chi connectivity index (χ0v) is 12.0. The quantitative estimate of drug-likeness (QED) is 0.786. The van der Waals surface area contributed by atoms with E-state index in [1.165, 1.54) is 44.1 Å². The summed E-state index contributed by atoms with van der Waals surface area (Å²) in [6, 6.07) is 9.40. The third-order valence-electron chi connectivity index (χ3n) is 3.86. The van der Waals surface area contributed by atoms with Gasteiger partial charge in [-0.3, -0.25) is 0 Å². The van der Waals surface area contributed by atoms with Crippen LogP contribution in [0.15, 0.2) is 24.3 Å². The summed E-state index contributed by atoms with van der Waals surface area (Å²) < 4.78 is 0. The van der Waals surface area contributed by atoms with E-state index in [0.717, 1.165) is 11.4 Å². The average Bonchev–Trinajstić information content (AvgIpc) is 2.61. The van der Waals surface area contributed by atoms with Gasteiger partial charge in [0.25, 0.3) is 0 Å². The van der Waals surface area contributed by atoms with Gasteiger partial charge in [-0.1, -0.05) is 55.5 Å². The second-order valence-corrected chi connectivity index (χ2v) is 5.96. The fraction of sp³-hybridized carbons (Fsp3) is 0.625. The molecule has 1 aliphatic rings. The van der Waals surface area contributed by atoms with Crippen molar-refractivity contribution in [3.05, 3.63) is 34.9 Å². The van der Waals surface area contributed by atoms with Crippen LogP contribution in [0.3, 0.4) is 0 Å². The molecule has 1 N–H and O–H groups in total. The molecule has 18 heavy (non-hydrogen) atoms. The van der Waals surface area contributed by atoms with Crippen molar-refractivity contribution in [3.63, 3.8) is 0 Å². The van der Waals surface area contributed by atoms with Crippen LogP contribution in [0, 0.1) is 0 Å². The Hall–Kier alpha value is -0.530. The molecule has 0 spiro atoms. The van der Waals surface area contributed by atoms with E-state index in [1.54, 1.807) is 0 Å². The number of nitrogens with one attached hydrogen (secondary N) is 1. The van der Waals surface area contributed by atoms with Gasteiger partial charge in [0.2, 0.25) is 0 Å². The molecule has 1 unspecified atom stereocenters. The fourth-order valence-corrected chi connectivity index (χ4v) is 3.11. The first-order valence-electron chi connectivity index (χ1n) is 7.25. The highest BCUT2D eigenvalue weighted by Crippen LogP contribution is 2.20. The van der Waals surface area contributed by atoms with E-state index in [9.17, 15) is 0 Å². The van der Waals surface area contributed by atoms with Crippen molar-refractivity contribution in [3.8, 4) is 0 Å². The highest BCUT2D eigenvalue weighted by atomic mass is 35.5. The van der Waals surface area contributed by atoms with Crippen LogP contribution in [-0.4, -0.2) is 12.1 Å². The summed E-state index contributed by atoms with van der Waals surface area (Å²) in [6.45, 7) is 2.27. The molecular weight excluding hydrogens is 242 g/mol. The Balaban J connectivity index is 1.84. The first-order valence-corrected chi connectivity index (χ1v) is 7.63. The summed E-state index contributed by atoms with van der Waals surface area (Å²) in [5.74, 6) is 0. The van der Waals surface area contributed by atoms with E-state index in [-0.39, 0.29) is 0 Å². The maximum atomic E-state index is 6.21. The van der Waals surface area contributed by atoms with Crippen molar-refractivity contribution >= 4 is 11.6 Å². The van der Waals surface area contributed by atoms with Gasteiger partial charge in [0.1, 0.15) is 0 Å². The van der Waals surface area contributed by atoms with Crippen LogP contribution in [0.4, 0.5) is 0 Å². The first kappa shape index (κ1) is 13.9. The van der Waals surface area contributed by atoms with Gasteiger partial charge in [-0.25, -0.2) is 0 Å². The van der Waals surface area contributed by atoms with Crippen LogP contribution in [0.2, 0.25) is 5.02 Å². The Morgan fingerprint density at radius 3 is 2.50 bits per heavy atom. The maximum absolute atomic E-state index is 6.21. The molecule has 1 nitrogen and oxygen atoms in total. The minimum absolute atomic E-state index is 0.507. The van der Waals surface area contributed by atoms with E-state index in [0.29, 0.717) is 12.1 Å². The predicted molar refractivity (Wildman–Crippen MR) is 79.2 cm³/mol. The largest absolute Gasteiger partial charge is 0.311 e. The molecule has 0 aliphatic heterocycles. The highest BCUT2D eigenvalue weighted by molar-refractivity contribution is 6.31. The number of halogens is 1. The van der Waals surface area contributed by atoms with Crippen molar-refractivity contribution in [2.75, 3.05) is 0 Å². The lowest BCUT2D eigenvalue weighted by atomic mass is 10.0. The zero-order chi connectivity index (χ0) is 12.8. The normalized spacial score (nSPS) is 19.4. The van der Waals surface area contributed by atoms with E-state index < -0.39 is 0 Å². The molecule has 0 aromatic heterocycles. The molecule has 1 aromatic carbocycles. The molecule has 1 saturated carbocycles. The Labute approximate surface area is 116 Å². The van der Waals surface area contributed by atoms with Crippen LogP contribution >= 0.6 is 11.6 Å². The van der Waals surface area contributed by atoms with Gasteiger partial charge >= 0.3 is 0 Å². The Morgan fingerprint density at radius 1 is 1.17 bits per heavy atom. The lowest BCUT2D eigenvalue weighted by Crippen LogP contribution is -2.37. The minimum atomic E-state index is 0.507. The number of rotatable bonds is 4. The van der Waals surface area contributed by atoms with E-state index >= 15 is 0 Å². The van der Waals surface area contributed by atoms with Crippen LogP contribution in [0.5, 0.6) is 0 Å². The summed E-state index contributed by atoms with van der Waals surface area (Å²) in [5.41, 5.74) is 1.26. The van der Waals surface area contributed by atoms with Crippen molar-refractivity contribution in [1.82, 2.24) is 5.32 Å². The van der Waals surface area contributed by atoms with Crippen LogP contribution in [-0.2, 0) is 6.42 Å². The third kappa shape index (κ3) is 4.29. The van der Waals surface area contributed by atoms with Crippen LogP contribution in [0.25, 0.3) is 0 Å². The molecule has 0 heterocycles. The number of benzene rings is 1. The third-order valence-corrected chi connectivity index (χ3v) is 4.23. The van der Waals surface area contributed by atoms with Crippen LogP contribution in [0.1, 0.15) is 51.0 Å². The standard InChI is InChI=1S/C16H24ClN/c1-13(12-14-8-6-7-11-16(14)17)18-15-9-4-2-3-5-10-15/h6-8,11,13,15,18H,2-5,9-10,12H2,1H3. The second kappa shape index (κ2) is 7.16. The zero-order valence-electron chi connectivity index (χ0n) is 11.3. The summed E-state index contributed by atoms with van der Waals surface area (Å²) in [4.78, 5) is 0. The predicted octanol–water partition coefficient (Wildman–Crippen LogP) is 4.58. The molecule has 0 amide bonds. The van der Waals surface area contributed by atoms with Gasteiger partial charge in [0, 0.05) is 17.1 Å². The first-order chi connectivity index (χ1) is 8.75. The van der Waals surface area contributed by atoms with Gasteiger partial charge in [-0.15, -0.1) is 0 Å². The van der Waals surface area contributed by atoms with Crippen molar-refractivity contribution < 1.29 is 0 Å². The van der Waals surface area contributed by atoms with Gasteiger partial charge in [-0.05, 0) is 37.8 Å². The van der Waals surface area contributed by atoms with E-state index in [1.807, 2.05) is 12.1 Å². The van der Waals surface area contributed by atoms with Gasteiger partial charge in [0.15, 0.2) is 0 Å². The topological polar surface area (TPSA) is 12.0 Å². The van der Waals surface area contributed by atoms with Crippen molar-refractivity contribution in [2.24, 2.45) is 0 Å². The SMILES string of the molecule is CC(Cc1ccccc1Cl)NC1CCCCCC1. The summed E-state index contributed by atoms with van der Waals surface area (Å²) >= 11 is 6.21. The molecule has 0 saturated heterocycles. The fourth-order valence-electron chi connectivity index (χ4n) is 2.90. The molecule has 0 radical (unpaired) electrons. The highest BCUT2D eigenvalue weighted by Gasteiger charge is 2.15. The molecular formula is C16H24ClN. The lowest BCUT2D eigenvalue weighted by molar-refractivity contribution is 0.406. The molecule has 100 valence electrons. The molecule has 1 atom stereocenters. The van der Waals surface area contributed by atoms with Gasteiger partial charge in [-0.2, -0.15) is 0 Å². The van der Waals surface area contributed by atoms with E-state index in [2.05, 4.69) is 24.4 Å². The second-order valence-electron chi connectivity index (χ2n) is 5.55. The summed E-state index contributed by atoms with van der Waals surface area (Å²) in [6.07, 6.45) is 9.30. The van der Waals surface area contributed by atoms with Crippen molar-refractivity contribution in [1.29, 1.82) is 0 Å². The smallest absolute Gasteiger partial charge is 0.0438 e. The summed E-state index contributed by atoms with van der Waals surface area (Å²) in [7, 11) is 0. The summed E-state index contributed by atoms with van der Waals surface area (Å²) in [5, 5.41) is 4.67. The monoisotopic (exact) mass is 265 g/mol. The number of hydrogen-bond acceptors (Lipinski definition) is 1. The number of hydrogen-bond donors (Lipinski definition) is 1. The Bertz CT molecular complexity index is 356. The molecule has 1 aliphatic carbocycles. The maximum Gasteiger partial charge on any atom is 0.0438 e. The average molecular weight is 266 g/mol.